The highest BCUT2D eigenvalue weighted by Gasteiger charge is 2.49. The van der Waals surface area contributed by atoms with Crippen LogP contribution in [-0.2, 0) is 15.1 Å². The molecule has 0 saturated carbocycles. The van der Waals surface area contributed by atoms with Crippen LogP contribution in [0.1, 0.15) is 49.7 Å². The molecule has 0 N–H and O–H groups in total. The second-order valence-electron chi connectivity index (χ2n) is 7.46. The first kappa shape index (κ1) is 19.4. The van der Waals surface area contributed by atoms with Crippen LogP contribution < -0.4 is 0 Å². The maximum absolute atomic E-state index is 6.99. The van der Waals surface area contributed by atoms with Gasteiger partial charge in [0.05, 0.1) is 6.61 Å². The molecule has 0 unspecified atom stereocenters. The lowest BCUT2D eigenvalue weighted by Gasteiger charge is -2.50. The van der Waals surface area contributed by atoms with Gasteiger partial charge in [-0.05, 0) is 73.6 Å². The Bertz CT molecular complexity index is 696. The molecule has 0 amide bonds. The molecule has 2 nitrogen and oxygen atoms in total. The average molecular weight is 401 g/mol. The SMILES string of the molecule is CSc1ccc(C2(c3ccc(SC)cc3)CCC[C@@]3(CCCCO3)O2)cc1. The van der Waals surface area contributed by atoms with E-state index >= 15 is 0 Å². The molecule has 2 saturated heterocycles. The molecule has 0 radical (unpaired) electrons. The fourth-order valence-electron chi connectivity index (χ4n) is 4.42. The molecule has 2 aliphatic rings. The Balaban J connectivity index is 1.78. The van der Waals surface area contributed by atoms with Crippen molar-refractivity contribution in [2.24, 2.45) is 0 Å². The molecule has 2 aliphatic heterocycles. The van der Waals surface area contributed by atoms with E-state index in [0.717, 1.165) is 38.7 Å². The number of benzene rings is 2. The van der Waals surface area contributed by atoms with Gasteiger partial charge in [0.25, 0.3) is 0 Å². The van der Waals surface area contributed by atoms with Gasteiger partial charge in [0.15, 0.2) is 5.79 Å². The van der Waals surface area contributed by atoms with E-state index in [9.17, 15) is 0 Å². The summed E-state index contributed by atoms with van der Waals surface area (Å²) in [6, 6.07) is 17.8. The quantitative estimate of drug-likeness (QED) is 0.547. The molecular formula is C23H28O2S2. The van der Waals surface area contributed by atoms with E-state index in [1.165, 1.54) is 27.3 Å². The number of hydrogen-bond donors (Lipinski definition) is 0. The highest BCUT2D eigenvalue weighted by atomic mass is 32.2. The third-order valence-electron chi connectivity index (χ3n) is 5.88. The summed E-state index contributed by atoms with van der Waals surface area (Å²) in [4.78, 5) is 2.57. The molecule has 0 bridgehead atoms. The van der Waals surface area contributed by atoms with Crippen LogP contribution in [-0.4, -0.2) is 24.9 Å². The highest BCUT2D eigenvalue weighted by molar-refractivity contribution is 7.98. The zero-order valence-corrected chi connectivity index (χ0v) is 17.8. The van der Waals surface area contributed by atoms with Gasteiger partial charge in [-0.1, -0.05) is 24.3 Å². The topological polar surface area (TPSA) is 18.5 Å². The largest absolute Gasteiger partial charge is 0.350 e. The van der Waals surface area contributed by atoms with E-state index < -0.39 is 11.4 Å². The van der Waals surface area contributed by atoms with Gasteiger partial charge in [-0.15, -0.1) is 23.5 Å². The number of ether oxygens (including phenoxy) is 2. The van der Waals surface area contributed by atoms with Crippen LogP contribution >= 0.6 is 23.5 Å². The number of thioether (sulfide) groups is 2. The van der Waals surface area contributed by atoms with Gasteiger partial charge in [-0.2, -0.15) is 0 Å². The molecule has 4 heteroatoms. The van der Waals surface area contributed by atoms with Crippen molar-refractivity contribution in [3.63, 3.8) is 0 Å². The fourth-order valence-corrected chi connectivity index (χ4v) is 5.24. The molecule has 2 aromatic carbocycles. The van der Waals surface area contributed by atoms with Gasteiger partial charge >= 0.3 is 0 Å². The van der Waals surface area contributed by atoms with E-state index in [0.29, 0.717) is 0 Å². The Morgan fingerprint density at radius 3 is 1.74 bits per heavy atom. The summed E-state index contributed by atoms with van der Waals surface area (Å²) in [7, 11) is 0. The first-order valence-corrected chi connectivity index (χ1v) is 12.3. The average Bonchev–Trinajstić information content (AvgIpc) is 2.74. The monoisotopic (exact) mass is 400 g/mol. The Labute approximate surface area is 171 Å². The molecule has 4 rings (SSSR count). The van der Waals surface area contributed by atoms with Crippen molar-refractivity contribution in [2.75, 3.05) is 19.1 Å². The van der Waals surface area contributed by atoms with Crippen LogP contribution in [0.4, 0.5) is 0 Å². The Hall–Kier alpha value is -0.940. The van der Waals surface area contributed by atoms with Crippen LogP contribution in [0.2, 0.25) is 0 Å². The van der Waals surface area contributed by atoms with Gasteiger partial charge < -0.3 is 9.47 Å². The van der Waals surface area contributed by atoms with Crippen LogP contribution in [0.15, 0.2) is 58.3 Å². The zero-order valence-electron chi connectivity index (χ0n) is 16.2. The fraction of sp³-hybridized carbons (Fsp3) is 0.478. The van der Waals surface area contributed by atoms with Gasteiger partial charge in [-0.3, -0.25) is 0 Å². The molecule has 144 valence electrons. The van der Waals surface area contributed by atoms with Gasteiger partial charge in [0.1, 0.15) is 5.60 Å². The molecule has 27 heavy (non-hydrogen) atoms. The van der Waals surface area contributed by atoms with E-state index in [4.69, 9.17) is 9.47 Å². The van der Waals surface area contributed by atoms with E-state index in [2.05, 4.69) is 61.0 Å². The lowest BCUT2D eigenvalue weighted by Crippen LogP contribution is -2.50. The summed E-state index contributed by atoms with van der Waals surface area (Å²) in [5.74, 6) is -0.424. The van der Waals surface area contributed by atoms with Gasteiger partial charge in [-0.25, -0.2) is 0 Å². The van der Waals surface area contributed by atoms with Crippen LogP contribution in [0.25, 0.3) is 0 Å². The predicted octanol–water partition coefficient (Wildman–Crippen LogP) is 6.47. The molecular weight excluding hydrogens is 372 g/mol. The Morgan fingerprint density at radius 1 is 0.704 bits per heavy atom. The van der Waals surface area contributed by atoms with E-state index in [-0.39, 0.29) is 0 Å². The summed E-state index contributed by atoms with van der Waals surface area (Å²) in [6.07, 6.45) is 10.7. The standard InChI is InChI=1S/C23H28O2S2/c1-26-20-10-6-18(7-11-20)23(19-8-12-21(27-2)13-9-19)16-5-15-22(25-23)14-3-4-17-24-22/h6-13H,3-5,14-17H2,1-2H3/t22-/m1/s1. The molecule has 1 spiro atoms. The maximum atomic E-state index is 6.99. The molecule has 2 heterocycles. The first-order chi connectivity index (χ1) is 13.2. The zero-order chi connectivity index (χ0) is 18.7. The summed E-state index contributed by atoms with van der Waals surface area (Å²) in [6.45, 7) is 0.812. The Kier molecular flexibility index (Phi) is 5.89. The van der Waals surface area contributed by atoms with Crippen LogP contribution in [0.3, 0.4) is 0 Å². The van der Waals surface area contributed by atoms with Crippen molar-refractivity contribution in [3.05, 3.63) is 59.7 Å². The minimum Gasteiger partial charge on any atom is -0.350 e. The smallest absolute Gasteiger partial charge is 0.169 e. The minimum atomic E-state index is -0.427. The minimum absolute atomic E-state index is 0.424. The van der Waals surface area contributed by atoms with Crippen molar-refractivity contribution in [3.8, 4) is 0 Å². The molecule has 1 atom stereocenters. The molecule has 0 aromatic heterocycles. The molecule has 2 fully saturated rings. The third kappa shape index (κ3) is 3.82. The third-order valence-corrected chi connectivity index (χ3v) is 7.36. The number of hydrogen-bond acceptors (Lipinski definition) is 4. The summed E-state index contributed by atoms with van der Waals surface area (Å²) in [5, 5.41) is 0. The van der Waals surface area contributed by atoms with E-state index in [1.54, 1.807) is 23.5 Å². The summed E-state index contributed by atoms with van der Waals surface area (Å²) in [5.41, 5.74) is 2.06. The number of rotatable bonds is 4. The van der Waals surface area contributed by atoms with Crippen LogP contribution in [0, 0.1) is 0 Å². The second kappa shape index (κ2) is 8.20. The van der Waals surface area contributed by atoms with Crippen LogP contribution in [0.5, 0.6) is 0 Å². The molecule has 0 aliphatic carbocycles. The lowest BCUT2D eigenvalue weighted by molar-refractivity contribution is -0.319. The van der Waals surface area contributed by atoms with Crippen molar-refractivity contribution >= 4 is 23.5 Å². The van der Waals surface area contributed by atoms with Crippen molar-refractivity contribution in [2.45, 2.75) is 59.7 Å². The van der Waals surface area contributed by atoms with Gasteiger partial charge in [0, 0.05) is 22.6 Å². The van der Waals surface area contributed by atoms with Crippen molar-refractivity contribution in [1.29, 1.82) is 0 Å². The van der Waals surface area contributed by atoms with Crippen molar-refractivity contribution in [1.82, 2.24) is 0 Å². The second-order valence-corrected chi connectivity index (χ2v) is 9.22. The summed E-state index contributed by atoms with van der Waals surface area (Å²) < 4.78 is 13.2. The summed E-state index contributed by atoms with van der Waals surface area (Å²) >= 11 is 3.55. The maximum Gasteiger partial charge on any atom is 0.169 e. The predicted molar refractivity (Wildman–Crippen MR) is 115 cm³/mol. The highest BCUT2D eigenvalue weighted by Crippen LogP contribution is 2.50. The van der Waals surface area contributed by atoms with Crippen molar-refractivity contribution < 1.29 is 9.47 Å². The normalized spacial score (nSPS) is 24.8. The Morgan fingerprint density at radius 2 is 1.26 bits per heavy atom. The first-order valence-electron chi connectivity index (χ1n) is 9.83. The molecule has 2 aromatic rings. The van der Waals surface area contributed by atoms with Gasteiger partial charge in [0.2, 0.25) is 0 Å². The lowest BCUT2D eigenvalue weighted by atomic mass is 9.78. The van der Waals surface area contributed by atoms with E-state index in [1.807, 2.05) is 0 Å².